The van der Waals surface area contributed by atoms with Crippen molar-refractivity contribution in [3.63, 3.8) is 0 Å². The molecular weight excluding hydrogens is 340 g/mol. The predicted octanol–water partition coefficient (Wildman–Crippen LogP) is 6.15. The number of fused-ring (bicyclic) bond motifs is 1. The Morgan fingerprint density at radius 1 is 0.500 bits per heavy atom. The molecule has 4 aliphatic carbocycles. The zero-order valence-corrected chi connectivity index (χ0v) is 19.3. The summed E-state index contributed by atoms with van der Waals surface area (Å²) in [5, 5.41) is 8.55. The van der Waals surface area contributed by atoms with Gasteiger partial charge >= 0.3 is 0 Å². The highest BCUT2D eigenvalue weighted by atomic mass is 15.0. The van der Waals surface area contributed by atoms with E-state index in [1.807, 2.05) is 0 Å². The van der Waals surface area contributed by atoms with E-state index in [0.717, 1.165) is 59.7 Å². The zero-order chi connectivity index (χ0) is 19.7. The van der Waals surface area contributed by atoms with E-state index in [1.54, 1.807) is 0 Å². The Morgan fingerprint density at radius 2 is 0.964 bits per heavy atom. The molecule has 2 N–H and O–H groups in total. The van der Waals surface area contributed by atoms with Crippen LogP contribution in [0.15, 0.2) is 0 Å². The first-order valence-corrected chi connectivity index (χ1v) is 13.0. The van der Waals surface area contributed by atoms with Gasteiger partial charge in [0.1, 0.15) is 0 Å². The van der Waals surface area contributed by atoms with Gasteiger partial charge in [-0.15, -0.1) is 0 Å². The van der Waals surface area contributed by atoms with Crippen LogP contribution in [0.5, 0.6) is 0 Å². The molecule has 4 aliphatic rings. The summed E-state index contributed by atoms with van der Waals surface area (Å²) < 4.78 is 0. The van der Waals surface area contributed by atoms with Crippen LogP contribution in [-0.4, -0.2) is 24.2 Å². The van der Waals surface area contributed by atoms with Crippen molar-refractivity contribution < 1.29 is 0 Å². The summed E-state index contributed by atoms with van der Waals surface area (Å²) >= 11 is 0. The van der Waals surface area contributed by atoms with Gasteiger partial charge in [0, 0.05) is 24.2 Å². The Balaban J connectivity index is 1.42. The predicted molar refractivity (Wildman–Crippen MR) is 120 cm³/mol. The first-order chi connectivity index (χ1) is 13.5. The summed E-state index contributed by atoms with van der Waals surface area (Å²) in [6.07, 6.45) is 17.3. The topological polar surface area (TPSA) is 24.1 Å². The Hall–Kier alpha value is -0.0800. The molecule has 162 valence electrons. The molecule has 4 rings (SSSR count). The minimum absolute atomic E-state index is 0.773. The highest BCUT2D eigenvalue weighted by Crippen LogP contribution is 2.43. The first kappa shape index (κ1) is 21.2. The van der Waals surface area contributed by atoms with E-state index in [4.69, 9.17) is 0 Å². The molecule has 0 radical (unpaired) electrons. The molecule has 2 nitrogen and oxygen atoms in total. The summed E-state index contributed by atoms with van der Waals surface area (Å²) in [4.78, 5) is 0. The standard InChI is InChI=1S/C26H48N2/c1-17-11-13-22(19(3)15-17)27-24-9-5-7-21-8-6-10-25(26(21)24)28-23-14-12-18(2)16-20(23)4/h17-28H,5-16H2,1-4H3. The molecule has 0 aromatic carbocycles. The van der Waals surface area contributed by atoms with Gasteiger partial charge in [0.25, 0.3) is 0 Å². The van der Waals surface area contributed by atoms with E-state index >= 15 is 0 Å². The van der Waals surface area contributed by atoms with Crippen LogP contribution < -0.4 is 10.6 Å². The summed E-state index contributed by atoms with van der Waals surface area (Å²) in [5.74, 6) is 5.46. The fourth-order valence-electron chi connectivity index (χ4n) is 7.82. The van der Waals surface area contributed by atoms with Gasteiger partial charge in [-0.3, -0.25) is 0 Å². The van der Waals surface area contributed by atoms with Crippen LogP contribution in [0.4, 0.5) is 0 Å². The average Bonchev–Trinajstić information content (AvgIpc) is 2.66. The molecule has 8 unspecified atom stereocenters. The highest BCUT2D eigenvalue weighted by Gasteiger charge is 2.43. The summed E-state index contributed by atoms with van der Waals surface area (Å²) in [6.45, 7) is 9.93. The van der Waals surface area contributed by atoms with Crippen LogP contribution in [0, 0.1) is 35.5 Å². The first-order valence-electron chi connectivity index (χ1n) is 13.0. The molecule has 0 spiro atoms. The van der Waals surface area contributed by atoms with Gasteiger partial charge in [0.2, 0.25) is 0 Å². The Labute approximate surface area is 175 Å². The number of nitrogens with one attached hydrogen (secondary N) is 2. The van der Waals surface area contributed by atoms with Gasteiger partial charge in [-0.05, 0) is 86.9 Å². The van der Waals surface area contributed by atoms with Gasteiger partial charge in [0.05, 0.1) is 0 Å². The van der Waals surface area contributed by atoms with Crippen LogP contribution in [0.1, 0.15) is 105 Å². The Morgan fingerprint density at radius 3 is 1.39 bits per heavy atom. The van der Waals surface area contributed by atoms with E-state index in [2.05, 4.69) is 38.3 Å². The molecule has 0 heterocycles. The molecule has 4 fully saturated rings. The highest BCUT2D eigenvalue weighted by molar-refractivity contribution is 5.00. The fraction of sp³-hybridized carbons (Fsp3) is 1.00. The molecule has 0 amide bonds. The normalized spacial score (nSPS) is 50.1. The monoisotopic (exact) mass is 388 g/mol. The third-order valence-corrected chi connectivity index (χ3v) is 9.37. The third kappa shape index (κ3) is 4.80. The molecule has 0 aliphatic heterocycles. The summed E-state index contributed by atoms with van der Waals surface area (Å²) in [7, 11) is 0. The van der Waals surface area contributed by atoms with Gasteiger partial charge in [-0.25, -0.2) is 0 Å². The fourth-order valence-corrected chi connectivity index (χ4v) is 7.82. The summed E-state index contributed by atoms with van der Waals surface area (Å²) in [6, 6.07) is 3.10. The lowest BCUT2D eigenvalue weighted by atomic mass is 9.65. The van der Waals surface area contributed by atoms with E-state index < -0.39 is 0 Å². The maximum atomic E-state index is 4.27. The van der Waals surface area contributed by atoms with E-state index in [9.17, 15) is 0 Å². The van der Waals surface area contributed by atoms with E-state index in [0.29, 0.717) is 0 Å². The van der Waals surface area contributed by atoms with Gasteiger partial charge in [0.15, 0.2) is 0 Å². The van der Waals surface area contributed by atoms with Crippen molar-refractivity contribution in [1.82, 2.24) is 10.6 Å². The number of hydrogen-bond donors (Lipinski definition) is 2. The van der Waals surface area contributed by atoms with Crippen molar-refractivity contribution in [3.8, 4) is 0 Å². The minimum Gasteiger partial charge on any atom is -0.311 e. The van der Waals surface area contributed by atoms with Crippen LogP contribution >= 0.6 is 0 Å². The second-order valence-corrected chi connectivity index (χ2v) is 11.7. The molecule has 0 aromatic heterocycles. The zero-order valence-electron chi connectivity index (χ0n) is 19.3. The molecular formula is C26H48N2. The lowest BCUT2D eigenvalue weighted by molar-refractivity contribution is 0.0577. The lowest BCUT2D eigenvalue weighted by Gasteiger charge is -2.50. The molecule has 8 atom stereocenters. The van der Waals surface area contributed by atoms with Crippen molar-refractivity contribution in [1.29, 1.82) is 0 Å². The molecule has 0 saturated heterocycles. The Kier molecular flexibility index (Phi) is 7.09. The summed E-state index contributed by atoms with van der Waals surface area (Å²) in [5.41, 5.74) is 0. The van der Waals surface area contributed by atoms with Crippen molar-refractivity contribution in [3.05, 3.63) is 0 Å². The SMILES string of the molecule is CC1CCC(NC2CCCC3CCCC(NC4CCC(C)CC4C)C32)C(C)C1. The maximum absolute atomic E-state index is 4.27. The second-order valence-electron chi connectivity index (χ2n) is 11.7. The smallest absolute Gasteiger partial charge is 0.0115 e. The van der Waals surface area contributed by atoms with E-state index in [-0.39, 0.29) is 0 Å². The Bertz CT molecular complexity index is 449. The molecule has 28 heavy (non-hydrogen) atoms. The average molecular weight is 389 g/mol. The molecule has 0 aromatic rings. The lowest BCUT2D eigenvalue weighted by Crippen LogP contribution is -2.59. The number of rotatable bonds is 4. The molecule has 4 saturated carbocycles. The van der Waals surface area contributed by atoms with Crippen LogP contribution in [0.25, 0.3) is 0 Å². The molecule has 2 heteroatoms. The third-order valence-electron chi connectivity index (χ3n) is 9.37. The number of hydrogen-bond acceptors (Lipinski definition) is 2. The minimum atomic E-state index is 0.773. The van der Waals surface area contributed by atoms with Gasteiger partial charge < -0.3 is 10.6 Å². The van der Waals surface area contributed by atoms with Crippen molar-refractivity contribution in [2.75, 3.05) is 0 Å². The van der Waals surface area contributed by atoms with Crippen molar-refractivity contribution in [2.45, 2.75) is 129 Å². The van der Waals surface area contributed by atoms with Crippen molar-refractivity contribution >= 4 is 0 Å². The van der Waals surface area contributed by atoms with Crippen LogP contribution in [0.2, 0.25) is 0 Å². The van der Waals surface area contributed by atoms with Gasteiger partial charge in [-0.2, -0.15) is 0 Å². The van der Waals surface area contributed by atoms with Crippen LogP contribution in [-0.2, 0) is 0 Å². The molecule has 0 bridgehead atoms. The quantitative estimate of drug-likeness (QED) is 0.603. The van der Waals surface area contributed by atoms with Crippen molar-refractivity contribution in [2.24, 2.45) is 35.5 Å². The van der Waals surface area contributed by atoms with Crippen LogP contribution in [0.3, 0.4) is 0 Å². The second kappa shape index (κ2) is 9.38. The maximum Gasteiger partial charge on any atom is 0.0115 e. The van der Waals surface area contributed by atoms with Gasteiger partial charge in [-0.1, -0.05) is 53.4 Å². The largest absolute Gasteiger partial charge is 0.311 e. The van der Waals surface area contributed by atoms with E-state index in [1.165, 1.54) is 77.0 Å².